The van der Waals surface area contributed by atoms with Gasteiger partial charge in [0.15, 0.2) is 23.2 Å². The molecule has 2 aromatic heterocycles. The fraction of sp³-hybridized carbons (Fsp3) is 0.722. The van der Waals surface area contributed by atoms with Crippen LogP contribution in [0.1, 0.15) is 45.8 Å². The number of fused-ring (bicyclic) bond motifs is 2. The Hall–Kier alpha value is -1.81. The van der Waals surface area contributed by atoms with Crippen LogP contribution in [0.15, 0.2) is 12.7 Å². The van der Waals surface area contributed by atoms with Crippen molar-refractivity contribution in [1.29, 1.82) is 0 Å². The molecule has 9 nitrogen and oxygen atoms in total. The van der Waals surface area contributed by atoms with Crippen molar-refractivity contribution in [2.24, 2.45) is 5.41 Å². The molecule has 2 aromatic rings. The summed E-state index contributed by atoms with van der Waals surface area (Å²) in [4.78, 5) is 13.1. The van der Waals surface area contributed by atoms with E-state index in [9.17, 15) is 15.3 Å². The molecule has 1 saturated heterocycles. The van der Waals surface area contributed by atoms with Crippen molar-refractivity contribution < 1.29 is 20.1 Å². The topological polar surface area (TPSA) is 126 Å². The van der Waals surface area contributed by atoms with Crippen molar-refractivity contribution in [3.63, 3.8) is 0 Å². The van der Waals surface area contributed by atoms with E-state index in [0.717, 1.165) is 12.8 Å². The molecule has 4 atom stereocenters. The Balaban J connectivity index is 1.55. The molecule has 0 amide bonds. The van der Waals surface area contributed by atoms with Gasteiger partial charge >= 0.3 is 0 Å². The first kappa shape index (κ1) is 17.3. The van der Waals surface area contributed by atoms with Crippen LogP contribution in [0, 0.1) is 5.41 Å². The Morgan fingerprint density at radius 3 is 2.59 bits per heavy atom. The van der Waals surface area contributed by atoms with Gasteiger partial charge in [-0.2, -0.15) is 0 Å². The Labute approximate surface area is 156 Å². The number of anilines is 1. The number of imidazole rings is 1. The molecule has 2 aliphatic carbocycles. The number of aromatic nitrogens is 4. The lowest BCUT2D eigenvalue weighted by molar-refractivity contribution is -0.123. The van der Waals surface area contributed by atoms with Crippen molar-refractivity contribution in [3.05, 3.63) is 12.7 Å². The molecule has 0 spiro atoms. The maximum Gasteiger partial charge on any atom is 0.169 e. The number of rotatable bonds is 4. The number of nitrogens with one attached hydrogen (secondary N) is 1. The van der Waals surface area contributed by atoms with Crippen LogP contribution in [0.3, 0.4) is 0 Å². The van der Waals surface area contributed by atoms with Gasteiger partial charge in [0.2, 0.25) is 0 Å². The number of aliphatic hydroxyl groups excluding tert-OH is 1. The van der Waals surface area contributed by atoms with Crippen LogP contribution < -0.4 is 5.32 Å². The lowest BCUT2D eigenvalue weighted by Crippen LogP contribution is -2.36. The number of hydrogen-bond donors (Lipinski definition) is 4. The maximum atomic E-state index is 11.3. The Morgan fingerprint density at radius 2 is 1.93 bits per heavy atom. The van der Waals surface area contributed by atoms with Gasteiger partial charge in [-0.15, -0.1) is 0 Å². The predicted octanol–water partition coefficient (Wildman–Crippen LogP) is 0.572. The summed E-state index contributed by atoms with van der Waals surface area (Å²) in [7, 11) is 0. The summed E-state index contributed by atoms with van der Waals surface area (Å²) in [5.41, 5.74) is -2.76. The lowest BCUT2D eigenvalue weighted by Gasteiger charge is -2.26. The molecule has 0 unspecified atom stereocenters. The molecule has 9 heteroatoms. The van der Waals surface area contributed by atoms with E-state index in [2.05, 4.69) is 20.3 Å². The molecule has 3 heterocycles. The van der Waals surface area contributed by atoms with Crippen molar-refractivity contribution in [3.8, 4) is 0 Å². The van der Waals surface area contributed by atoms with E-state index in [4.69, 9.17) is 4.74 Å². The van der Waals surface area contributed by atoms with Gasteiger partial charge in [-0.25, -0.2) is 15.0 Å². The Morgan fingerprint density at radius 1 is 1.19 bits per heavy atom. The zero-order valence-electron chi connectivity index (χ0n) is 15.5. The highest BCUT2D eigenvalue weighted by molar-refractivity contribution is 5.83. The van der Waals surface area contributed by atoms with Crippen LogP contribution in [-0.2, 0) is 4.74 Å². The average Bonchev–Trinajstić information content (AvgIpc) is 3.23. The molecule has 1 aliphatic heterocycles. The van der Waals surface area contributed by atoms with E-state index in [-0.39, 0.29) is 6.61 Å². The van der Waals surface area contributed by atoms with Gasteiger partial charge in [-0.1, -0.05) is 26.7 Å². The molecule has 27 heavy (non-hydrogen) atoms. The summed E-state index contributed by atoms with van der Waals surface area (Å²) in [6.45, 7) is 3.16. The fourth-order valence-electron chi connectivity index (χ4n) is 5.23. The average molecular weight is 375 g/mol. The molecule has 0 bridgehead atoms. The SMILES string of the molecule is CC1(C)[C@]2(O)[C@H](n3cnc4c(NC5CCCC5)ncnc43)O[C@H](CO)[C@]12O. The van der Waals surface area contributed by atoms with Gasteiger partial charge in [0, 0.05) is 11.5 Å². The van der Waals surface area contributed by atoms with Crippen LogP contribution >= 0.6 is 0 Å². The Kier molecular flexibility index (Phi) is 3.44. The minimum Gasteiger partial charge on any atom is -0.394 e. The molecule has 3 fully saturated rings. The second kappa shape index (κ2) is 5.38. The highest BCUT2D eigenvalue weighted by Crippen LogP contribution is 2.75. The normalized spacial score (nSPS) is 37.7. The van der Waals surface area contributed by atoms with E-state index in [0.29, 0.717) is 23.0 Å². The molecule has 2 saturated carbocycles. The molecular formula is C18H25N5O4. The number of nitrogens with zero attached hydrogens (tertiary/aromatic N) is 4. The minimum absolute atomic E-state index is 0.380. The second-order valence-corrected chi connectivity index (χ2v) is 8.49. The van der Waals surface area contributed by atoms with Gasteiger partial charge in [0.05, 0.1) is 12.9 Å². The minimum atomic E-state index is -1.54. The zero-order valence-corrected chi connectivity index (χ0v) is 15.5. The van der Waals surface area contributed by atoms with Gasteiger partial charge in [-0.05, 0) is 12.8 Å². The number of aliphatic hydroxyl groups is 3. The predicted molar refractivity (Wildman–Crippen MR) is 95.9 cm³/mol. The van der Waals surface area contributed by atoms with Crippen molar-refractivity contribution in [2.45, 2.75) is 69.1 Å². The first-order valence-electron chi connectivity index (χ1n) is 9.51. The second-order valence-electron chi connectivity index (χ2n) is 8.49. The molecule has 0 radical (unpaired) electrons. The summed E-state index contributed by atoms with van der Waals surface area (Å²) in [6.07, 6.45) is 5.88. The molecular weight excluding hydrogens is 350 g/mol. The number of ether oxygens (including phenoxy) is 1. The van der Waals surface area contributed by atoms with Crippen LogP contribution in [0.4, 0.5) is 5.82 Å². The Bertz CT molecular complexity index is 895. The standard InChI is InChI=1S/C18H25N5O4/c1-16(2)17(25)11(7-24)27-15(18(16,17)26)23-9-21-12-13(19-8-20-14(12)23)22-10-5-3-4-6-10/h8-11,15,24-26H,3-7H2,1-2H3,(H,19,20,22)/t11-,15-,17+,18-/m1/s1. The van der Waals surface area contributed by atoms with Crippen LogP contribution in [0.25, 0.3) is 11.2 Å². The molecule has 3 aliphatic rings. The summed E-state index contributed by atoms with van der Waals surface area (Å²) in [5, 5.41) is 35.3. The maximum absolute atomic E-state index is 11.3. The largest absolute Gasteiger partial charge is 0.394 e. The highest BCUT2D eigenvalue weighted by Gasteiger charge is 2.92. The zero-order chi connectivity index (χ0) is 19.0. The van der Waals surface area contributed by atoms with Crippen molar-refractivity contribution >= 4 is 17.0 Å². The van der Waals surface area contributed by atoms with Gasteiger partial charge in [-0.3, -0.25) is 4.57 Å². The monoisotopic (exact) mass is 375 g/mol. The highest BCUT2D eigenvalue weighted by atomic mass is 16.6. The third-order valence-corrected chi connectivity index (χ3v) is 7.01. The van der Waals surface area contributed by atoms with Gasteiger partial charge in [0.1, 0.15) is 23.6 Å². The smallest absolute Gasteiger partial charge is 0.169 e. The van der Waals surface area contributed by atoms with E-state index < -0.39 is 28.9 Å². The third kappa shape index (κ3) is 1.90. The molecule has 0 aromatic carbocycles. The molecule has 4 N–H and O–H groups in total. The third-order valence-electron chi connectivity index (χ3n) is 7.01. The lowest BCUT2D eigenvalue weighted by atomic mass is 10.0. The summed E-state index contributed by atoms with van der Waals surface area (Å²) >= 11 is 0. The molecule has 5 rings (SSSR count). The van der Waals surface area contributed by atoms with E-state index >= 15 is 0 Å². The first-order valence-corrected chi connectivity index (χ1v) is 9.51. The van der Waals surface area contributed by atoms with Crippen molar-refractivity contribution in [2.75, 3.05) is 11.9 Å². The van der Waals surface area contributed by atoms with Gasteiger partial charge < -0.3 is 25.4 Å². The van der Waals surface area contributed by atoms with Gasteiger partial charge in [0.25, 0.3) is 0 Å². The van der Waals surface area contributed by atoms with E-state index in [1.807, 2.05) is 0 Å². The summed E-state index contributed by atoms with van der Waals surface area (Å²) < 4.78 is 7.46. The van der Waals surface area contributed by atoms with Crippen LogP contribution in [0.2, 0.25) is 0 Å². The fourth-order valence-corrected chi connectivity index (χ4v) is 5.23. The van der Waals surface area contributed by atoms with Crippen molar-refractivity contribution in [1.82, 2.24) is 19.5 Å². The summed E-state index contributed by atoms with van der Waals surface area (Å²) in [6, 6.07) is 0.381. The van der Waals surface area contributed by atoms with E-state index in [1.54, 1.807) is 24.7 Å². The van der Waals surface area contributed by atoms with Crippen LogP contribution in [-0.4, -0.2) is 64.8 Å². The molecule has 146 valence electrons. The first-order chi connectivity index (χ1) is 12.9. The number of hydrogen-bond acceptors (Lipinski definition) is 8. The van der Waals surface area contributed by atoms with E-state index in [1.165, 1.54) is 19.2 Å². The quantitative estimate of drug-likeness (QED) is 0.611. The summed E-state index contributed by atoms with van der Waals surface area (Å²) in [5.74, 6) is 0.666. The van der Waals surface area contributed by atoms with Crippen LogP contribution in [0.5, 0.6) is 0 Å².